The molecule has 0 saturated carbocycles. The minimum Gasteiger partial charge on any atom is -0.373 e. The molecule has 0 aliphatic rings. The normalized spacial score (nSPS) is 11.9. The highest BCUT2D eigenvalue weighted by molar-refractivity contribution is 4.83. The van der Waals surface area contributed by atoms with Gasteiger partial charge in [-0.3, -0.25) is 0 Å². The maximum Gasteiger partial charge on any atom is 0.0230 e. The minimum atomic E-state index is 0.608. The summed E-state index contributed by atoms with van der Waals surface area (Å²) in [5, 5.41) is 0. The van der Waals surface area contributed by atoms with Crippen molar-refractivity contribution in [3.8, 4) is 0 Å². The van der Waals surface area contributed by atoms with Crippen LogP contribution in [0.25, 0.3) is 0 Å². The summed E-state index contributed by atoms with van der Waals surface area (Å²) in [6.45, 7) is 10.9. The first-order valence-electron chi connectivity index (χ1n) is 3.99. The van der Waals surface area contributed by atoms with Gasteiger partial charge in [0.1, 0.15) is 0 Å². The van der Waals surface area contributed by atoms with E-state index in [-0.39, 0.29) is 0 Å². The Hall–Kier alpha value is -0.460. The van der Waals surface area contributed by atoms with Crippen LogP contribution in [-0.4, -0.2) is 17.0 Å². The van der Waals surface area contributed by atoms with Crippen LogP contribution < -0.4 is 0 Å². The first kappa shape index (κ1) is 9.54. The first-order valence-corrected chi connectivity index (χ1v) is 3.99. The van der Waals surface area contributed by atoms with E-state index in [1.165, 1.54) is 0 Å². The van der Waals surface area contributed by atoms with Gasteiger partial charge in [-0.25, -0.2) is 0 Å². The molecule has 0 spiro atoms. The Labute approximate surface area is 64.7 Å². The van der Waals surface area contributed by atoms with E-state index in [0.717, 1.165) is 0 Å². The molecule has 0 saturated heterocycles. The van der Waals surface area contributed by atoms with Gasteiger partial charge in [0.25, 0.3) is 0 Å². The van der Waals surface area contributed by atoms with Gasteiger partial charge in [-0.05, 0) is 40.8 Å². The van der Waals surface area contributed by atoms with E-state index in [2.05, 4.69) is 51.8 Å². The number of allylic oxidation sites excluding steroid dienone is 1. The second kappa shape index (κ2) is 4.37. The molecular formula is C9H19N. The van der Waals surface area contributed by atoms with Crippen molar-refractivity contribution < 1.29 is 0 Å². The fourth-order valence-electron chi connectivity index (χ4n) is 1.11. The number of hydrogen-bond acceptors (Lipinski definition) is 1. The monoisotopic (exact) mass is 141 g/mol. The molecule has 0 aliphatic heterocycles. The lowest BCUT2D eigenvalue weighted by Gasteiger charge is -2.28. The van der Waals surface area contributed by atoms with Crippen molar-refractivity contribution in [2.24, 2.45) is 0 Å². The van der Waals surface area contributed by atoms with Crippen LogP contribution in [0.1, 0.15) is 34.6 Å². The fourth-order valence-corrected chi connectivity index (χ4v) is 1.11. The van der Waals surface area contributed by atoms with Gasteiger partial charge in [-0.15, -0.1) is 0 Å². The molecule has 0 aromatic rings. The molecule has 60 valence electrons. The number of rotatable bonds is 3. The van der Waals surface area contributed by atoms with E-state index in [0.29, 0.717) is 12.1 Å². The summed E-state index contributed by atoms with van der Waals surface area (Å²) in [6.07, 6.45) is 4.23. The molecule has 1 heteroatoms. The molecule has 0 bridgehead atoms. The van der Waals surface area contributed by atoms with Crippen molar-refractivity contribution in [3.05, 3.63) is 12.3 Å². The maximum atomic E-state index is 2.33. The Morgan fingerprint density at radius 1 is 1.00 bits per heavy atom. The molecule has 0 aliphatic carbocycles. The van der Waals surface area contributed by atoms with Crippen LogP contribution in [0.3, 0.4) is 0 Å². The molecule has 0 amide bonds. The highest BCUT2D eigenvalue weighted by Gasteiger charge is 2.06. The zero-order valence-corrected chi connectivity index (χ0v) is 7.76. The molecule has 0 rings (SSSR count). The maximum absolute atomic E-state index is 2.33. The molecule has 0 fully saturated rings. The summed E-state index contributed by atoms with van der Waals surface area (Å²) in [4.78, 5) is 2.33. The van der Waals surface area contributed by atoms with Gasteiger partial charge in [0.2, 0.25) is 0 Å². The van der Waals surface area contributed by atoms with Crippen molar-refractivity contribution >= 4 is 0 Å². The van der Waals surface area contributed by atoms with Crippen LogP contribution in [0.15, 0.2) is 12.3 Å². The Morgan fingerprint density at radius 3 is 1.50 bits per heavy atom. The highest BCUT2D eigenvalue weighted by Crippen LogP contribution is 2.04. The van der Waals surface area contributed by atoms with Gasteiger partial charge in [-0.2, -0.15) is 0 Å². The smallest absolute Gasteiger partial charge is 0.0230 e. The predicted molar refractivity (Wildman–Crippen MR) is 46.9 cm³/mol. The molecule has 10 heavy (non-hydrogen) atoms. The second-order valence-electron chi connectivity index (χ2n) is 3.12. The molecule has 0 heterocycles. The molecule has 0 aromatic carbocycles. The average molecular weight is 141 g/mol. The Kier molecular flexibility index (Phi) is 4.17. The molecule has 0 radical (unpaired) electrons. The second-order valence-corrected chi connectivity index (χ2v) is 3.12. The van der Waals surface area contributed by atoms with Crippen molar-refractivity contribution in [1.29, 1.82) is 0 Å². The number of hydrogen-bond donors (Lipinski definition) is 0. The summed E-state index contributed by atoms with van der Waals surface area (Å²) in [5.74, 6) is 0. The highest BCUT2D eigenvalue weighted by atomic mass is 15.1. The van der Waals surface area contributed by atoms with E-state index in [1.54, 1.807) is 0 Å². The van der Waals surface area contributed by atoms with Gasteiger partial charge in [0, 0.05) is 12.1 Å². The lowest BCUT2D eigenvalue weighted by atomic mass is 10.2. The molecule has 0 unspecified atom stereocenters. The zero-order valence-electron chi connectivity index (χ0n) is 7.76. The lowest BCUT2D eigenvalue weighted by Crippen LogP contribution is -2.31. The topological polar surface area (TPSA) is 3.24 Å². The SMILES string of the molecule is C/C=C\N(C(C)C)C(C)C. The Morgan fingerprint density at radius 2 is 1.40 bits per heavy atom. The van der Waals surface area contributed by atoms with Gasteiger partial charge in [0.15, 0.2) is 0 Å². The molecule has 0 N–H and O–H groups in total. The van der Waals surface area contributed by atoms with Crippen molar-refractivity contribution in [2.45, 2.75) is 46.7 Å². The molecule has 0 atom stereocenters. The van der Waals surface area contributed by atoms with Gasteiger partial charge < -0.3 is 4.90 Å². The third-order valence-corrected chi connectivity index (χ3v) is 1.51. The third kappa shape index (κ3) is 2.90. The Balaban J connectivity index is 3.98. The third-order valence-electron chi connectivity index (χ3n) is 1.51. The van der Waals surface area contributed by atoms with Gasteiger partial charge in [-0.1, -0.05) is 6.08 Å². The summed E-state index contributed by atoms with van der Waals surface area (Å²) in [7, 11) is 0. The lowest BCUT2D eigenvalue weighted by molar-refractivity contribution is 0.256. The molecule has 1 nitrogen and oxygen atoms in total. The van der Waals surface area contributed by atoms with Crippen LogP contribution in [0.4, 0.5) is 0 Å². The summed E-state index contributed by atoms with van der Waals surface area (Å²) in [6, 6.07) is 1.22. The predicted octanol–water partition coefficient (Wildman–Crippen LogP) is 2.64. The fraction of sp³-hybridized carbons (Fsp3) is 0.778. The van der Waals surface area contributed by atoms with Crippen molar-refractivity contribution in [2.75, 3.05) is 0 Å². The molecular weight excluding hydrogens is 122 g/mol. The van der Waals surface area contributed by atoms with Crippen LogP contribution in [-0.2, 0) is 0 Å². The molecule has 0 aromatic heterocycles. The minimum absolute atomic E-state index is 0.608. The summed E-state index contributed by atoms with van der Waals surface area (Å²) in [5.41, 5.74) is 0. The van der Waals surface area contributed by atoms with E-state index in [1.807, 2.05) is 0 Å². The van der Waals surface area contributed by atoms with Crippen molar-refractivity contribution in [1.82, 2.24) is 4.90 Å². The number of nitrogens with zero attached hydrogens (tertiary/aromatic N) is 1. The summed E-state index contributed by atoms with van der Waals surface area (Å²) < 4.78 is 0. The van der Waals surface area contributed by atoms with E-state index >= 15 is 0 Å². The zero-order chi connectivity index (χ0) is 8.15. The summed E-state index contributed by atoms with van der Waals surface area (Å²) >= 11 is 0. The quantitative estimate of drug-likeness (QED) is 0.584. The van der Waals surface area contributed by atoms with Crippen LogP contribution >= 0.6 is 0 Å². The van der Waals surface area contributed by atoms with Crippen molar-refractivity contribution in [3.63, 3.8) is 0 Å². The van der Waals surface area contributed by atoms with E-state index in [9.17, 15) is 0 Å². The van der Waals surface area contributed by atoms with Crippen LogP contribution in [0, 0.1) is 0 Å². The van der Waals surface area contributed by atoms with E-state index in [4.69, 9.17) is 0 Å². The first-order chi connectivity index (χ1) is 4.59. The largest absolute Gasteiger partial charge is 0.373 e. The van der Waals surface area contributed by atoms with Crippen LogP contribution in [0.2, 0.25) is 0 Å². The average Bonchev–Trinajstić information content (AvgIpc) is 1.81. The van der Waals surface area contributed by atoms with E-state index < -0.39 is 0 Å². The van der Waals surface area contributed by atoms with Gasteiger partial charge >= 0.3 is 0 Å². The van der Waals surface area contributed by atoms with Crippen LogP contribution in [0.5, 0.6) is 0 Å². The van der Waals surface area contributed by atoms with Gasteiger partial charge in [0.05, 0.1) is 0 Å². The standard InChI is InChI=1S/C9H19N/c1-6-7-10(8(2)3)9(4)5/h6-9H,1-5H3/b7-6-. The Bertz CT molecular complexity index is 95.3.